The Morgan fingerprint density at radius 2 is 1.97 bits per heavy atom. The maximum Gasteiger partial charge on any atom is 0.305 e. The summed E-state index contributed by atoms with van der Waals surface area (Å²) in [6.45, 7) is 2.56. The summed E-state index contributed by atoms with van der Waals surface area (Å²) in [5.74, 6) is -0.348. The fraction of sp³-hybridized carbons (Fsp3) is 0.227. The molecule has 2 aromatic carbocycles. The van der Waals surface area contributed by atoms with E-state index in [0.29, 0.717) is 30.9 Å². The van der Waals surface area contributed by atoms with Gasteiger partial charge >= 0.3 is 5.97 Å². The van der Waals surface area contributed by atoms with Gasteiger partial charge in [-0.05, 0) is 31.2 Å². The molecule has 3 rings (SSSR count). The molecule has 0 saturated heterocycles. The van der Waals surface area contributed by atoms with E-state index in [2.05, 4.69) is 10.4 Å². The van der Waals surface area contributed by atoms with Gasteiger partial charge in [-0.3, -0.25) is 14.3 Å². The number of rotatable bonds is 9. The Hall–Kier alpha value is -3.61. The SMILES string of the molecule is C/C=C(\CCOc1ccc2cnn(CCC(=O)O)c2c1)NC(=O)c1ccccc1. The van der Waals surface area contributed by atoms with E-state index in [4.69, 9.17) is 9.84 Å². The van der Waals surface area contributed by atoms with Crippen LogP contribution < -0.4 is 10.1 Å². The van der Waals surface area contributed by atoms with Crippen LogP contribution in [0, 0.1) is 0 Å². The average molecular weight is 393 g/mol. The van der Waals surface area contributed by atoms with Gasteiger partial charge in [-0.15, -0.1) is 0 Å². The molecule has 7 nitrogen and oxygen atoms in total. The highest BCUT2D eigenvalue weighted by atomic mass is 16.5. The van der Waals surface area contributed by atoms with Crippen LogP contribution in [-0.4, -0.2) is 33.4 Å². The lowest BCUT2D eigenvalue weighted by Crippen LogP contribution is -2.23. The molecule has 0 fully saturated rings. The number of carbonyl (C=O) groups is 2. The summed E-state index contributed by atoms with van der Waals surface area (Å²) in [5.41, 5.74) is 2.21. The van der Waals surface area contributed by atoms with E-state index < -0.39 is 5.97 Å². The molecule has 0 atom stereocenters. The lowest BCUT2D eigenvalue weighted by Gasteiger charge is -2.11. The molecule has 3 aromatic rings. The number of allylic oxidation sites excluding steroid dienone is 1. The standard InChI is InChI=1S/C22H23N3O4/c1-2-18(24-22(28)16-6-4-3-5-7-16)11-13-29-19-9-8-17-15-23-25(20(17)14-19)12-10-21(26)27/h2-9,14-15H,10-13H2,1H3,(H,24,28)(H,26,27)/b18-2+. The number of carbonyl (C=O) groups excluding carboxylic acids is 1. The van der Waals surface area contributed by atoms with Crippen molar-refractivity contribution in [2.24, 2.45) is 0 Å². The van der Waals surface area contributed by atoms with Crippen molar-refractivity contribution in [1.29, 1.82) is 0 Å². The third kappa shape index (κ3) is 5.44. The van der Waals surface area contributed by atoms with E-state index in [1.807, 2.05) is 49.4 Å². The van der Waals surface area contributed by atoms with Gasteiger partial charge in [0.25, 0.3) is 5.91 Å². The number of aromatic nitrogens is 2. The second-order valence-electron chi connectivity index (χ2n) is 6.46. The Bertz CT molecular complexity index is 1020. The third-order valence-electron chi connectivity index (χ3n) is 4.45. The zero-order chi connectivity index (χ0) is 20.6. The van der Waals surface area contributed by atoms with Crippen molar-refractivity contribution in [3.63, 3.8) is 0 Å². The van der Waals surface area contributed by atoms with E-state index in [-0.39, 0.29) is 12.3 Å². The minimum Gasteiger partial charge on any atom is -0.493 e. The number of hydrogen-bond acceptors (Lipinski definition) is 4. The van der Waals surface area contributed by atoms with Crippen LogP contribution >= 0.6 is 0 Å². The molecule has 29 heavy (non-hydrogen) atoms. The van der Waals surface area contributed by atoms with Crippen LogP contribution in [0.5, 0.6) is 5.75 Å². The summed E-state index contributed by atoms with van der Waals surface area (Å²) < 4.78 is 7.49. The van der Waals surface area contributed by atoms with E-state index >= 15 is 0 Å². The summed E-state index contributed by atoms with van der Waals surface area (Å²) in [4.78, 5) is 23.1. The van der Waals surface area contributed by atoms with Gasteiger partial charge in [0.1, 0.15) is 5.75 Å². The average Bonchev–Trinajstić information content (AvgIpc) is 3.14. The van der Waals surface area contributed by atoms with Crippen LogP contribution in [0.3, 0.4) is 0 Å². The number of nitrogens with zero attached hydrogens (tertiary/aromatic N) is 2. The van der Waals surface area contributed by atoms with Gasteiger partial charge in [-0.2, -0.15) is 5.10 Å². The third-order valence-corrected chi connectivity index (χ3v) is 4.45. The largest absolute Gasteiger partial charge is 0.493 e. The Labute approximate surface area is 168 Å². The topological polar surface area (TPSA) is 93.5 Å². The predicted octanol–water partition coefficient (Wildman–Crippen LogP) is 3.61. The maximum absolute atomic E-state index is 12.3. The quantitative estimate of drug-likeness (QED) is 0.579. The molecule has 1 heterocycles. The normalized spacial score (nSPS) is 11.4. The zero-order valence-electron chi connectivity index (χ0n) is 16.2. The van der Waals surface area contributed by atoms with Crippen molar-refractivity contribution in [3.05, 3.63) is 72.1 Å². The highest BCUT2D eigenvalue weighted by Crippen LogP contribution is 2.21. The molecule has 0 spiro atoms. The molecule has 0 bridgehead atoms. The van der Waals surface area contributed by atoms with Crippen LogP contribution in [0.15, 0.2) is 66.5 Å². The number of hydrogen-bond donors (Lipinski definition) is 2. The van der Waals surface area contributed by atoms with Crippen LogP contribution in [0.4, 0.5) is 0 Å². The first-order valence-corrected chi connectivity index (χ1v) is 9.38. The molecule has 2 N–H and O–H groups in total. The minimum atomic E-state index is -0.863. The van der Waals surface area contributed by atoms with Gasteiger partial charge < -0.3 is 15.2 Å². The number of nitrogens with one attached hydrogen (secondary N) is 1. The minimum absolute atomic E-state index is 0.00757. The summed E-state index contributed by atoms with van der Waals surface area (Å²) in [6, 6.07) is 14.6. The van der Waals surface area contributed by atoms with Gasteiger partial charge in [0.15, 0.2) is 0 Å². The Balaban J connectivity index is 1.57. The highest BCUT2D eigenvalue weighted by molar-refractivity contribution is 5.95. The Morgan fingerprint density at radius 1 is 1.17 bits per heavy atom. The number of aryl methyl sites for hydroxylation is 1. The molecular weight excluding hydrogens is 370 g/mol. The summed E-state index contributed by atoms with van der Waals surface area (Å²) in [5, 5.41) is 16.9. The van der Waals surface area contributed by atoms with E-state index in [9.17, 15) is 9.59 Å². The predicted molar refractivity (Wildman–Crippen MR) is 110 cm³/mol. The monoisotopic (exact) mass is 393 g/mol. The molecular formula is C22H23N3O4. The first kappa shape index (κ1) is 20.1. The summed E-state index contributed by atoms with van der Waals surface area (Å²) in [7, 11) is 0. The van der Waals surface area contributed by atoms with Crippen molar-refractivity contribution < 1.29 is 19.4 Å². The molecule has 7 heteroatoms. The van der Waals surface area contributed by atoms with Gasteiger partial charge in [0.05, 0.1) is 31.3 Å². The van der Waals surface area contributed by atoms with Crippen LogP contribution in [0.2, 0.25) is 0 Å². The van der Waals surface area contributed by atoms with Crippen molar-refractivity contribution >= 4 is 22.8 Å². The number of benzene rings is 2. The second-order valence-corrected chi connectivity index (χ2v) is 6.46. The maximum atomic E-state index is 12.3. The smallest absolute Gasteiger partial charge is 0.305 e. The Kier molecular flexibility index (Phi) is 6.63. The highest BCUT2D eigenvalue weighted by Gasteiger charge is 2.09. The zero-order valence-corrected chi connectivity index (χ0v) is 16.2. The number of fused-ring (bicyclic) bond motifs is 1. The van der Waals surface area contributed by atoms with Crippen molar-refractivity contribution in [2.75, 3.05) is 6.61 Å². The fourth-order valence-electron chi connectivity index (χ4n) is 2.89. The van der Waals surface area contributed by atoms with Crippen LogP contribution in [0.1, 0.15) is 30.1 Å². The molecule has 1 amide bonds. The Morgan fingerprint density at radius 3 is 2.69 bits per heavy atom. The van der Waals surface area contributed by atoms with Gasteiger partial charge in [0.2, 0.25) is 0 Å². The fourth-order valence-corrected chi connectivity index (χ4v) is 2.89. The van der Waals surface area contributed by atoms with Crippen LogP contribution in [0.25, 0.3) is 10.9 Å². The van der Waals surface area contributed by atoms with E-state index in [1.165, 1.54) is 0 Å². The van der Waals surface area contributed by atoms with Crippen molar-refractivity contribution in [3.8, 4) is 5.75 Å². The lowest BCUT2D eigenvalue weighted by atomic mass is 10.2. The number of carboxylic acids is 1. The molecule has 0 aliphatic rings. The molecule has 0 aliphatic heterocycles. The van der Waals surface area contributed by atoms with Crippen molar-refractivity contribution in [1.82, 2.24) is 15.1 Å². The number of aliphatic carboxylic acids is 1. The molecule has 0 saturated carbocycles. The van der Waals surface area contributed by atoms with Gasteiger partial charge in [-0.1, -0.05) is 24.3 Å². The van der Waals surface area contributed by atoms with Crippen molar-refractivity contribution in [2.45, 2.75) is 26.3 Å². The van der Waals surface area contributed by atoms with E-state index in [1.54, 1.807) is 23.0 Å². The number of ether oxygens (including phenoxy) is 1. The summed E-state index contributed by atoms with van der Waals surface area (Å²) >= 11 is 0. The first-order valence-electron chi connectivity index (χ1n) is 9.38. The van der Waals surface area contributed by atoms with Gasteiger partial charge in [-0.25, -0.2) is 0 Å². The molecule has 150 valence electrons. The lowest BCUT2D eigenvalue weighted by molar-refractivity contribution is -0.137. The molecule has 0 unspecified atom stereocenters. The van der Waals surface area contributed by atoms with Gasteiger partial charge in [0, 0.05) is 29.1 Å². The summed E-state index contributed by atoms with van der Waals surface area (Å²) in [6.07, 6.45) is 4.12. The molecule has 0 radical (unpaired) electrons. The number of carboxylic acid groups (broad SMARTS) is 1. The van der Waals surface area contributed by atoms with Crippen LogP contribution in [-0.2, 0) is 11.3 Å². The molecule has 0 aliphatic carbocycles. The molecule has 1 aromatic heterocycles. The first-order chi connectivity index (χ1) is 14.1. The van der Waals surface area contributed by atoms with E-state index in [0.717, 1.165) is 16.6 Å². The number of amides is 1. The second kappa shape index (κ2) is 9.54.